The largest absolute Gasteiger partial charge is 0.198 e. The van der Waals surface area contributed by atoms with Crippen LogP contribution >= 0.6 is 0 Å². The van der Waals surface area contributed by atoms with Gasteiger partial charge in [0.1, 0.15) is 0 Å². The number of fused-ring (bicyclic) bond motifs is 1. The summed E-state index contributed by atoms with van der Waals surface area (Å²) in [6, 6.07) is 2.36. The number of hydrogen-bond donors (Lipinski definition) is 0. The van der Waals surface area contributed by atoms with Crippen LogP contribution in [0.1, 0.15) is 19.3 Å². The maximum absolute atomic E-state index is 8.51. The fourth-order valence-corrected chi connectivity index (χ4v) is 1.86. The molecule has 2 rings (SSSR count). The van der Waals surface area contributed by atoms with Crippen LogP contribution in [0.2, 0.25) is 0 Å². The van der Waals surface area contributed by atoms with E-state index in [4.69, 9.17) is 5.26 Å². The second kappa shape index (κ2) is 1.25. The minimum atomic E-state index is 0.444. The van der Waals surface area contributed by atoms with Crippen molar-refractivity contribution in [2.75, 3.05) is 0 Å². The van der Waals surface area contributed by atoms with Crippen LogP contribution in [0.5, 0.6) is 0 Å². The van der Waals surface area contributed by atoms with Crippen molar-refractivity contribution in [2.45, 2.75) is 19.3 Å². The van der Waals surface area contributed by atoms with Gasteiger partial charge in [-0.2, -0.15) is 5.26 Å². The molecule has 2 aliphatic carbocycles. The van der Waals surface area contributed by atoms with Crippen LogP contribution in [0.25, 0.3) is 0 Å². The van der Waals surface area contributed by atoms with Gasteiger partial charge in [-0.1, -0.05) is 0 Å². The summed E-state index contributed by atoms with van der Waals surface area (Å²) in [4.78, 5) is 0. The van der Waals surface area contributed by atoms with Crippen molar-refractivity contribution in [3.8, 4) is 6.07 Å². The second-order valence-corrected chi connectivity index (χ2v) is 2.97. The number of hydrogen-bond acceptors (Lipinski definition) is 1. The Kier molecular flexibility index (Phi) is 0.686. The fourth-order valence-electron chi connectivity index (χ4n) is 1.86. The molecular weight excluding hydrogens is 98.1 g/mol. The highest BCUT2D eigenvalue weighted by molar-refractivity contribution is 5.05. The molecule has 1 nitrogen and oxygen atoms in total. The third-order valence-electron chi connectivity index (χ3n) is 2.51. The molecule has 0 aliphatic heterocycles. The molecule has 3 unspecified atom stereocenters. The van der Waals surface area contributed by atoms with Gasteiger partial charge in [0.15, 0.2) is 0 Å². The lowest BCUT2D eigenvalue weighted by Gasteiger charge is -1.94. The zero-order valence-corrected chi connectivity index (χ0v) is 4.80. The Labute approximate surface area is 49.3 Å². The summed E-state index contributed by atoms with van der Waals surface area (Å²) < 4.78 is 0. The predicted octanol–water partition coefficient (Wildman–Crippen LogP) is 1.56. The van der Waals surface area contributed by atoms with Crippen molar-refractivity contribution in [3.05, 3.63) is 0 Å². The predicted molar refractivity (Wildman–Crippen MR) is 29.9 cm³/mol. The van der Waals surface area contributed by atoms with Gasteiger partial charge in [0, 0.05) is 5.92 Å². The molecule has 2 fully saturated rings. The first kappa shape index (κ1) is 4.38. The zero-order chi connectivity index (χ0) is 5.56. The maximum Gasteiger partial charge on any atom is 0.0658 e. The van der Waals surface area contributed by atoms with Crippen molar-refractivity contribution in [1.82, 2.24) is 0 Å². The van der Waals surface area contributed by atoms with Gasteiger partial charge in [0.05, 0.1) is 6.07 Å². The van der Waals surface area contributed by atoms with E-state index in [0.717, 1.165) is 11.8 Å². The van der Waals surface area contributed by atoms with Crippen LogP contribution in [0, 0.1) is 29.1 Å². The van der Waals surface area contributed by atoms with Crippen molar-refractivity contribution >= 4 is 0 Å². The van der Waals surface area contributed by atoms with Gasteiger partial charge in [-0.3, -0.25) is 0 Å². The monoisotopic (exact) mass is 107 g/mol. The molecule has 0 N–H and O–H groups in total. The molecule has 1 heteroatoms. The minimum absolute atomic E-state index is 0.444. The van der Waals surface area contributed by atoms with Crippen LogP contribution < -0.4 is 0 Å². The fraction of sp³-hybridized carbons (Fsp3) is 0.857. The van der Waals surface area contributed by atoms with E-state index < -0.39 is 0 Å². The first-order valence-electron chi connectivity index (χ1n) is 3.31. The Hall–Kier alpha value is -0.510. The molecule has 0 aromatic rings. The first-order valence-corrected chi connectivity index (χ1v) is 3.31. The Morgan fingerprint density at radius 3 is 2.50 bits per heavy atom. The third kappa shape index (κ3) is 0.407. The van der Waals surface area contributed by atoms with E-state index in [1.165, 1.54) is 19.3 Å². The van der Waals surface area contributed by atoms with Crippen molar-refractivity contribution < 1.29 is 0 Å². The molecule has 8 heavy (non-hydrogen) atoms. The molecule has 0 bridgehead atoms. The summed E-state index contributed by atoms with van der Waals surface area (Å²) in [6.45, 7) is 0. The Balaban J connectivity index is 2.09. The summed E-state index contributed by atoms with van der Waals surface area (Å²) in [7, 11) is 0. The highest BCUT2D eigenvalue weighted by Gasteiger charge is 2.47. The SMILES string of the molecule is N#CC1CCC2CC12. The van der Waals surface area contributed by atoms with E-state index in [9.17, 15) is 0 Å². The van der Waals surface area contributed by atoms with E-state index in [2.05, 4.69) is 6.07 Å². The molecule has 0 aromatic carbocycles. The number of rotatable bonds is 0. The highest BCUT2D eigenvalue weighted by atomic mass is 14.5. The van der Waals surface area contributed by atoms with E-state index in [-0.39, 0.29) is 0 Å². The van der Waals surface area contributed by atoms with Crippen molar-refractivity contribution in [3.63, 3.8) is 0 Å². The zero-order valence-electron chi connectivity index (χ0n) is 4.80. The maximum atomic E-state index is 8.51. The standard InChI is InChI=1S/C7H9N/c8-4-6-2-1-5-3-7(5)6/h5-7H,1-3H2. The lowest BCUT2D eigenvalue weighted by molar-refractivity contribution is 0.604. The Morgan fingerprint density at radius 1 is 1.38 bits per heavy atom. The molecule has 2 saturated carbocycles. The minimum Gasteiger partial charge on any atom is -0.198 e. The molecule has 0 amide bonds. The van der Waals surface area contributed by atoms with Crippen molar-refractivity contribution in [1.29, 1.82) is 5.26 Å². The van der Waals surface area contributed by atoms with Crippen LogP contribution in [0.3, 0.4) is 0 Å². The highest BCUT2D eigenvalue weighted by Crippen LogP contribution is 2.54. The number of nitrogens with zero attached hydrogens (tertiary/aromatic N) is 1. The molecule has 0 spiro atoms. The second-order valence-electron chi connectivity index (χ2n) is 2.97. The van der Waals surface area contributed by atoms with E-state index in [0.29, 0.717) is 5.92 Å². The molecule has 0 saturated heterocycles. The molecule has 0 heterocycles. The molecule has 0 radical (unpaired) electrons. The average Bonchev–Trinajstić information content (AvgIpc) is 2.46. The summed E-state index contributed by atoms with van der Waals surface area (Å²) >= 11 is 0. The number of nitriles is 1. The van der Waals surface area contributed by atoms with Crippen LogP contribution in [0.4, 0.5) is 0 Å². The summed E-state index contributed by atoms with van der Waals surface area (Å²) in [6.07, 6.45) is 3.88. The first-order chi connectivity index (χ1) is 3.92. The smallest absolute Gasteiger partial charge is 0.0658 e. The molecule has 3 atom stereocenters. The third-order valence-corrected chi connectivity index (χ3v) is 2.51. The lowest BCUT2D eigenvalue weighted by Crippen LogP contribution is -1.91. The molecule has 42 valence electrons. The van der Waals surface area contributed by atoms with E-state index >= 15 is 0 Å². The van der Waals surface area contributed by atoms with E-state index in [1.807, 2.05) is 0 Å². The lowest BCUT2D eigenvalue weighted by atomic mass is 10.1. The van der Waals surface area contributed by atoms with Crippen molar-refractivity contribution in [2.24, 2.45) is 17.8 Å². The summed E-state index contributed by atoms with van der Waals surface area (Å²) in [5, 5.41) is 8.51. The van der Waals surface area contributed by atoms with E-state index in [1.54, 1.807) is 0 Å². The molecule has 0 aromatic heterocycles. The Morgan fingerprint density at radius 2 is 2.25 bits per heavy atom. The summed E-state index contributed by atoms with van der Waals surface area (Å²) in [5.74, 6) is 2.25. The normalized spacial score (nSPS) is 50.1. The molecule has 2 aliphatic rings. The van der Waals surface area contributed by atoms with Crippen LogP contribution in [-0.2, 0) is 0 Å². The van der Waals surface area contributed by atoms with Gasteiger partial charge < -0.3 is 0 Å². The van der Waals surface area contributed by atoms with Crippen LogP contribution in [0.15, 0.2) is 0 Å². The Bertz CT molecular complexity index is 145. The quantitative estimate of drug-likeness (QED) is 0.460. The topological polar surface area (TPSA) is 23.8 Å². The van der Waals surface area contributed by atoms with Gasteiger partial charge in [-0.15, -0.1) is 0 Å². The average molecular weight is 107 g/mol. The van der Waals surface area contributed by atoms with Gasteiger partial charge in [-0.25, -0.2) is 0 Å². The molecular formula is C7H9N. The van der Waals surface area contributed by atoms with Gasteiger partial charge in [0.2, 0.25) is 0 Å². The van der Waals surface area contributed by atoms with Crippen LogP contribution in [-0.4, -0.2) is 0 Å². The van der Waals surface area contributed by atoms with Gasteiger partial charge >= 0.3 is 0 Å². The van der Waals surface area contributed by atoms with Gasteiger partial charge in [-0.05, 0) is 31.1 Å². The van der Waals surface area contributed by atoms with Gasteiger partial charge in [0.25, 0.3) is 0 Å². The summed E-state index contributed by atoms with van der Waals surface area (Å²) in [5.41, 5.74) is 0.